The number of methoxy groups -OCH3 is 1. The highest BCUT2D eigenvalue weighted by molar-refractivity contribution is 5.75. The van der Waals surface area contributed by atoms with Crippen LogP contribution in [0.1, 0.15) is 30.3 Å². The first-order chi connectivity index (χ1) is 12.6. The molecule has 0 spiro atoms. The Morgan fingerprint density at radius 2 is 2.08 bits per heavy atom. The lowest BCUT2D eigenvalue weighted by atomic mass is 10.0. The molecule has 1 fully saturated rings. The Bertz CT molecular complexity index is 737. The summed E-state index contributed by atoms with van der Waals surface area (Å²) in [6.07, 6.45) is 5.55. The number of nitrogens with one attached hydrogen (secondary N) is 2. The van der Waals surface area contributed by atoms with Crippen LogP contribution in [0.2, 0.25) is 0 Å². The summed E-state index contributed by atoms with van der Waals surface area (Å²) in [5.74, 6) is 1.52. The lowest BCUT2D eigenvalue weighted by Crippen LogP contribution is -2.48. The van der Waals surface area contributed by atoms with Crippen LogP contribution >= 0.6 is 0 Å². The molecule has 3 rings (SSSR count). The largest absolute Gasteiger partial charge is 0.497 e. The van der Waals surface area contributed by atoms with E-state index in [2.05, 4.69) is 27.6 Å². The van der Waals surface area contributed by atoms with Gasteiger partial charge < -0.3 is 24.8 Å². The van der Waals surface area contributed by atoms with E-state index in [-0.39, 0.29) is 18.1 Å². The normalized spacial score (nSPS) is 16.9. The smallest absolute Gasteiger partial charge is 0.315 e. The number of nitrogens with zero attached hydrogens (tertiary/aromatic N) is 3. The molecule has 1 aliphatic heterocycles. The van der Waals surface area contributed by atoms with Crippen LogP contribution in [0.4, 0.5) is 4.79 Å². The van der Waals surface area contributed by atoms with Crippen LogP contribution in [0.25, 0.3) is 0 Å². The monoisotopic (exact) mass is 357 g/mol. The predicted molar refractivity (Wildman–Crippen MR) is 100 cm³/mol. The Morgan fingerprint density at radius 1 is 1.31 bits per heavy atom. The first kappa shape index (κ1) is 18.3. The molecule has 1 aromatic heterocycles. The number of aryl methyl sites for hydroxylation is 1. The second-order valence-corrected chi connectivity index (χ2v) is 6.80. The number of carbonyl (C=O) groups is 1. The first-order valence-corrected chi connectivity index (χ1v) is 8.93. The van der Waals surface area contributed by atoms with Gasteiger partial charge in [-0.25, -0.2) is 9.78 Å². The number of aromatic nitrogens is 2. The highest BCUT2D eigenvalue weighted by atomic mass is 16.5. The number of urea groups is 1. The molecular weight excluding hydrogens is 330 g/mol. The third-order valence-corrected chi connectivity index (χ3v) is 4.87. The second-order valence-electron chi connectivity index (χ2n) is 6.80. The number of rotatable bonds is 5. The van der Waals surface area contributed by atoms with E-state index in [9.17, 15) is 4.79 Å². The number of likely N-dealkylation sites (tertiary alicyclic amines) is 1. The van der Waals surface area contributed by atoms with Gasteiger partial charge in [-0.05, 0) is 50.7 Å². The second kappa shape index (κ2) is 8.23. The summed E-state index contributed by atoms with van der Waals surface area (Å²) >= 11 is 0. The van der Waals surface area contributed by atoms with Gasteiger partial charge in [0, 0.05) is 25.5 Å². The molecule has 7 nitrogen and oxygen atoms in total. The molecule has 0 bridgehead atoms. The molecule has 1 saturated heterocycles. The average molecular weight is 357 g/mol. The number of carbonyl (C=O) groups excluding carboxylic acids is 1. The molecule has 26 heavy (non-hydrogen) atoms. The van der Waals surface area contributed by atoms with E-state index in [1.807, 2.05) is 42.1 Å². The fourth-order valence-corrected chi connectivity index (χ4v) is 3.28. The predicted octanol–water partition coefficient (Wildman–Crippen LogP) is 1.91. The fraction of sp³-hybridized carbons (Fsp3) is 0.474. The van der Waals surface area contributed by atoms with Crippen LogP contribution in [0, 0.1) is 0 Å². The summed E-state index contributed by atoms with van der Waals surface area (Å²) in [5, 5.41) is 6.19. The van der Waals surface area contributed by atoms with E-state index in [1.54, 1.807) is 13.3 Å². The minimum Gasteiger partial charge on any atom is -0.497 e. The van der Waals surface area contributed by atoms with Gasteiger partial charge in [0.2, 0.25) is 0 Å². The van der Waals surface area contributed by atoms with E-state index in [0.717, 1.165) is 43.1 Å². The lowest BCUT2D eigenvalue weighted by molar-refractivity contribution is 0.212. The van der Waals surface area contributed by atoms with Gasteiger partial charge in [-0.15, -0.1) is 0 Å². The van der Waals surface area contributed by atoms with Crippen molar-refractivity contribution in [1.29, 1.82) is 0 Å². The highest BCUT2D eigenvalue weighted by Crippen LogP contribution is 2.24. The quantitative estimate of drug-likeness (QED) is 0.858. The van der Waals surface area contributed by atoms with Crippen molar-refractivity contribution in [2.75, 3.05) is 27.2 Å². The summed E-state index contributed by atoms with van der Waals surface area (Å²) in [7, 11) is 5.66. The number of benzene rings is 1. The summed E-state index contributed by atoms with van der Waals surface area (Å²) in [4.78, 5) is 19.3. The minimum absolute atomic E-state index is 0.171. The van der Waals surface area contributed by atoms with Gasteiger partial charge in [0.25, 0.3) is 0 Å². The van der Waals surface area contributed by atoms with Gasteiger partial charge in [0.15, 0.2) is 0 Å². The summed E-state index contributed by atoms with van der Waals surface area (Å²) in [5.41, 5.74) is 0.928. The van der Waals surface area contributed by atoms with Crippen LogP contribution in [-0.4, -0.2) is 53.8 Å². The molecule has 0 saturated carbocycles. The standard InChI is InChI=1S/C19H27N5O2/c1-23-10-7-15(8-11-23)21-19(25)22-17(18-20-9-12-24(18)2)14-5-4-6-16(13-14)26-3/h4-6,9,12-13,15,17H,7-8,10-11H2,1-3H3,(H2,21,22,25). The molecule has 140 valence electrons. The maximum atomic E-state index is 12.6. The van der Waals surface area contributed by atoms with Gasteiger partial charge in [-0.2, -0.15) is 0 Å². The van der Waals surface area contributed by atoms with Crippen LogP contribution in [-0.2, 0) is 7.05 Å². The Balaban J connectivity index is 1.75. The van der Waals surface area contributed by atoms with Crippen LogP contribution in [0.5, 0.6) is 5.75 Å². The molecule has 0 aliphatic carbocycles. The lowest BCUT2D eigenvalue weighted by Gasteiger charge is -2.30. The number of ether oxygens (including phenoxy) is 1. The van der Waals surface area contributed by atoms with Gasteiger partial charge in [-0.3, -0.25) is 0 Å². The maximum Gasteiger partial charge on any atom is 0.315 e. The molecule has 1 unspecified atom stereocenters. The molecule has 1 aliphatic rings. The van der Waals surface area contributed by atoms with Gasteiger partial charge in [0.05, 0.1) is 7.11 Å². The molecule has 0 radical (unpaired) electrons. The number of piperidine rings is 1. The van der Waals surface area contributed by atoms with Crippen molar-refractivity contribution in [3.8, 4) is 5.75 Å². The zero-order chi connectivity index (χ0) is 18.5. The Morgan fingerprint density at radius 3 is 2.73 bits per heavy atom. The number of hydrogen-bond acceptors (Lipinski definition) is 4. The fourth-order valence-electron chi connectivity index (χ4n) is 3.28. The van der Waals surface area contributed by atoms with Crippen molar-refractivity contribution in [3.63, 3.8) is 0 Å². The molecule has 2 amide bonds. The van der Waals surface area contributed by atoms with Gasteiger partial charge >= 0.3 is 6.03 Å². The van der Waals surface area contributed by atoms with Gasteiger partial charge in [0.1, 0.15) is 17.6 Å². The number of hydrogen-bond donors (Lipinski definition) is 2. The van der Waals surface area contributed by atoms with Crippen molar-refractivity contribution in [1.82, 2.24) is 25.1 Å². The molecule has 2 heterocycles. The van der Waals surface area contributed by atoms with E-state index < -0.39 is 0 Å². The van der Waals surface area contributed by atoms with Crippen LogP contribution in [0.3, 0.4) is 0 Å². The zero-order valence-corrected chi connectivity index (χ0v) is 15.6. The minimum atomic E-state index is -0.351. The zero-order valence-electron chi connectivity index (χ0n) is 15.6. The number of imidazole rings is 1. The van der Waals surface area contributed by atoms with Crippen molar-refractivity contribution in [2.45, 2.75) is 24.9 Å². The van der Waals surface area contributed by atoms with Crippen LogP contribution < -0.4 is 15.4 Å². The topological polar surface area (TPSA) is 71.4 Å². The molecule has 2 N–H and O–H groups in total. The summed E-state index contributed by atoms with van der Waals surface area (Å²) in [6.45, 7) is 2.01. The molecule has 1 aromatic carbocycles. The molecule has 2 aromatic rings. The summed E-state index contributed by atoms with van der Waals surface area (Å²) in [6, 6.07) is 7.38. The molecular formula is C19H27N5O2. The van der Waals surface area contributed by atoms with Crippen LogP contribution in [0.15, 0.2) is 36.7 Å². The van der Waals surface area contributed by atoms with E-state index in [4.69, 9.17) is 4.74 Å². The van der Waals surface area contributed by atoms with E-state index >= 15 is 0 Å². The van der Waals surface area contributed by atoms with Gasteiger partial charge in [-0.1, -0.05) is 12.1 Å². The Labute approximate surface area is 154 Å². The average Bonchev–Trinajstić information content (AvgIpc) is 3.07. The van der Waals surface area contributed by atoms with Crippen molar-refractivity contribution in [2.24, 2.45) is 7.05 Å². The SMILES string of the molecule is COc1cccc(C(NC(=O)NC2CCN(C)CC2)c2nccn2C)c1. The Hall–Kier alpha value is -2.54. The van der Waals surface area contributed by atoms with Crippen molar-refractivity contribution in [3.05, 3.63) is 48.0 Å². The third kappa shape index (κ3) is 4.35. The molecule has 7 heteroatoms. The molecule has 1 atom stereocenters. The summed E-state index contributed by atoms with van der Waals surface area (Å²) < 4.78 is 7.25. The van der Waals surface area contributed by atoms with E-state index in [0.29, 0.717) is 0 Å². The maximum absolute atomic E-state index is 12.6. The number of amides is 2. The van der Waals surface area contributed by atoms with Crippen molar-refractivity contribution < 1.29 is 9.53 Å². The third-order valence-electron chi connectivity index (χ3n) is 4.87. The Kier molecular flexibility index (Phi) is 5.78. The highest BCUT2D eigenvalue weighted by Gasteiger charge is 2.24. The van der Waals surface area contributed by atoms with E-state index in [1.165, 1.54) is 0 Å². The first-order valence-electron chi connectivity index (χ1n) is 8.93. The van der Waals surface area contributed by atoms with Crippen molar-refractivity contribution >= 4 is 6.03 Å².